The first kappa shape index (κ1) is 45.5. The second kappa shape index (κ2) is 31.7. The van der Waals surface area contributed by atoms with Gasteiger partial charge in [0.1, 0.15) is 13.2 Å². The predicted molar refractivity (Wildman–Crippen MR) is 191 cm³/mol. The molecule has 0 heterocycles. The molecule has 0 spiro atoms. The maximum Gasteiger partial charge on any atom is 0.472 e. The number of hydrogen-bond donors (Lipinski definition) is 3. The summed E-state index contributed by atoms with van der Waals surface area (Å²) in [6.45, 7) is 3.92. The summed E-state index contributed by atoms with van der Waals surface area (Å²) in [6, 6.07) is -0.513. The number of likely N-dealkylation sites (N-methyl/N-ethyl adjacent to an activating group) is 1. The lowest BCUT2D eigenvalue weighted by Gasteiger charge is -2.24. The molecule has 276 valence electrons. The Morgan fingerprint density at radius 1 is 0.652 bits per heavy atom. The van der Waals surface area contributed by atoms with Crippen molar-refractivity contribution in [2.24, 2.45) is 0 Å². The third-order valence-electron chi connectivity index (χ3n) is 8.34. The van der Waals surface area contributed by atoms with Gasteiger partial charge in [0, 0.05) is 19.6 Å². The predicted octanol–water partition coefficient (Wildman–Crippen LogP) is 8.70. The van der Waals surface area contributed by atoms with E-state index in [4.69, 9.17) is 18.9 Å². The number of unbranched alkanes of at least 4 members (excludes halogenated alkanes) is 21. The zero-order valence-corrected chi connectivity index (χ0v) is 31.5. The van der Waals surface area contributed by atoms with E-state index in [1.54, 1.807) is 0 Å². The molecule has 0 aliphatic rings. The van der Waals surface area contributed by atoms with E-state index in [1.165, 1.54) is 103 Å². The molecule has 0 rings (SSSR count). The van der Waals surface area contributed by atoms with Crippen LogP contribution in [-0.2, 0) is 23.1 Å². The van der Waals surface area contributed by atoms with Crippen molar-refractivity contribution in [3.63, 3.8) is 0 Å². The summed E-state index contributed by atoms with van der Waals surface area (Å²) in [5, 5.41) is 11.8. The highest BCUT2D eigenvalue weighted by Crippen LogP contribution is 2.43. The average molecular weight is 680 g/mol. The molecule has 10 heteroatoms. The third kappa shape index (κ3) is 34.8. The van der Waals surface area contributed by atoms with Crippen LogP contribution in [0.15, 0.2) is 0 Å². The highest BCUT2D eigenvalue weighted by Gasteiger charge is 2.25. The van der Waals surface area contributed by atoms with Gasteiger partial charge < -0.3 is 24.5 Å². The maximum atomic E-state index is 12.7. The fourth-order valence-electron chi connectivity index (χ4n) is 5.34. The van der Waals surface area contributed by atoms with Gasteiger partial charge in [0.2, 0.25) is 5.91 Å². The van der Waals surface area contributed by atoms with Crippen LogP contribution in [0.5, 0.6) is 0 Å². The Bertz CT molecular complexity index is 721. The molecule has 0 bridgehead atoms. The maximum absolute atomic E-state index is 12.7. The van der Waals surface area contributed by atoms with Crippen molar-refractivity contribution in [3.05, 3.63) is 0 Å². The summed E-state index contributed by atoms with van der Waals surface area (Å²) in [6.07, 6.45) is 28.3. The van der Waals surface area contributed by atoms with Gasteiger partial charge in [-0.1, -0.05) is 135 Å². The Hall–Kier alpha value is -0.540. The lowest BCUT2D eigenvalue weighted by Crippen LogP contribution is -2.41. The summed E-state index contributed by atoms with van der Waals surface area (Å²) in [5.74, 6) is -0.0866. The van der Waals surface area contributed by atoms with Crippen molar-refractivity contribution >= 4 is 13.7 Å². The van der Waals surface area contributed by atoms with Gasteiger partial charge in [0.05, 0.1) is 40.4 Å². The number of carbonyl (C=O) groups is 1. The van der Waals surface area contributed by atoms with E-state index in [9.17, 15) is 14.3 Å². The van der Waals surface area contributed by atoms with E-state index in [2.05, 4.69) is 12.2 Å². The van der Waals surface area contributed by atoms with Crippen molar-refractivity contribution in [2.45, 2.75) is 167 Å². The second-order valence-corrected chi connectivity index (χ2v) is 15.7. The molecule has 0 aromatic carbocycles. The standard InChI is InChI=1S/C36H75N2O7P/c1-5-6-7-8-9-10-11-12-13-14-18-21-24-27-31-43-33-35(34-45-46(41,42)44-32-29-38(2,3)4)37-36(40)28-25-22-19-16-15-17-20-23-26-30-39/h35,39H,5-34H2,1-4H3,(H-,37,40,41,42)/p+1. The van der Waals surface area contributed by atoms with Crippen LogP contribution in [0.25, 0.3) is 0 Å². The summed E-state index contributed by atoms with van der Waals surface area (Å²) >= 11 is 0. The first-order valence-corrected chi connectivity index (χ1v) is 20.5. The lowest BCUT2D eigenvalue weighted by atomic mass is 10.0. The Morgan fingerprint density at radius 3 is 1.59 bits per heavy atom. The van der Waals surface area contributed by atoms with Crippen LogP contribution >= 0.6 is 7.82 Å². The van der Waals surface area contributed by atoms with E-state index in [0.717, 1.165) is 44.9 Å². The van der Waals surface area contributed by atoms with E-state index >= 15 is 0 Å². The van der Waals surface area contributed by atoms with Crippen LogP contribution < -0.4 is 5.32 Å². The summed E-state index contributed by atoms with van der Waals surface area (Å²) in [7, 11) is 1.71. The number of nitrogens with zero attached hydrogens (tertiary/aromatic N) is 1. The molecule has 2 atom stereocenters. The Kier molecular flexibility index (Phi) is 31.3. The number of phosphoric ester groups is 1. The van der Waals surface area contributed by atoms with E-state index in [1.807, 2.05) is 21.1 Å². The third-order valence-corrected chi connectivity index (χ3v) is 9.33. The molecule has 2 unspecified atom stereocenters. The molecular weight excluding hydrogens is 603 g/mol. The Balaban J connectivity index is 4.25. The molecule has 0 aromatic heterocycles. The number of quaternary nitrogens is 1. The molecule has 9 nitrogen and oxygen atoms in total. The van der Waals surface area contributed by atoms with Crippen LogP contribution in [0.3, 0.4) is 0 Å². The van der Waals surface area contributed by atoms with Crippen molar-refractivity contribution in [2.75, 3.05) is 60.7 Å². The van der Waals surface area contributed by atoms with Gasteiger partial charge >= 0.3 is 7.82 Å². The summed E-state index contributed by atoms with van der Waals surface area (Å²) in [4.78, 5) is 22.8. The highest BCUT2D eigenvalue weighted by molar-refractivity contribution is 7.47. The number of aliphatic hydroxyl groups is 1. The number of ether oxygens (including phenoxy) is 1. The normalized spacial score (nSPS) is 14.0. The molecular formula is C36H76N2O7P+. The molecule has 0 radical (unpaired) electrons. The minimum atomic E-state index is -4.23. The number of hydrogen-bond acceptors (Lipinski definition) is 6. The van der Waals surface area contributed by atoms with Crippen molar-refractivity contribution in [1.29, 1.82) is 0 Å². The molecule has 46 heavy (non-hydrogen) atoms. The van der Waals surface area contributed by atoms with Crippen LogP contribution in [0.2, 0.25) is 0 Å². The van der Waals surface area contributed by atoms with E-state index in [0.29, 0.717) is 24.1 Å². The van der Waals surface area contributed by atoms with Crippen molar-refractivity contribution < 1.29 is 37.6 Å². The molecule has 0 aliphatic carbocycles. The summed E-state index contributed by atoms with van der Waals surface area (Å²) < 4.78 is 29.3. The number of carbonyl (C=O) groups excluding carboxylic acids is 1. The molecule has 3 N–H and O–H groups in total. The molecule has 0 aliphatic heterocycles. The first-order valence-electron chi connectivity index (χ1n) is 19.0. The molecule has 0 aromatic rings. The first-order chi connectivity index (χ1) is 22.1. The zero-order chi connectivity index (χ0) is 34.2. The molecule has 1 amide bonds. The molecule has 0 saturated heterocycles. The second-order valence-electron chi connectivity index (χ2n) is 14.2. The van der Waals surface area contributed by atoms with Gasteiger partial charge in [-0.2, -0.15) is 0 Å². The van der Waals surface area contributed by atoms with E-state index in [-0.39, 0.29) is 32.3 Å². The van der Waals surface area contributed by atoms with Crippen LogP contribution in [0.1, 0.15) is 161 Å². The smallest absolute Gasteiger partial charge is 0.396 e. The fraction of sp³-hybridized carbons (Fsp3) is 0.972. The SMILES string of the molecule is CCCCCCCCCCCCCCCCOCC(COP(=O)(O)OCC[N+](C)(C)C)NC(=O)CCCCCCCCCCCO. The number of phosphoric acid groups is 1. The Labute approximate surface area is 284 Å². The largest absolute Gasteiger partial charge is 0.472 e. The van der Waals surface area contributed by atoms with E-state index < -0.39 is 13.9 Å². The van der Waals surface area contributed by atoms with Gasteiger partial charge in [0.15, 0.2) is 0 Å². The van der Waals surface area contributed by atoms with Crippen LogP contribution in [0, 0.1) is 0 Å². The molecule has 0 saturated carbocycles. The number of amides is 1. The number of aliphatic hydroxyl groups excluding tert-OH is 1. The summed E-state index contributed by atoms with van der Waals surface area (Å²) in [5.41, 5.74) is 0. The van der Waals surface area contributed by atoms with Crippen LogP contribution in [0.4, 0.5) is 0 Å². The van der Waals surface area contributed by atoms with Crippen LogP contribution in [-0.4, -0.2) is 87.2 Å². The van der Waals surface area contributed by atoms with Gasteiger partial charge in [-0.15, -0.1) is 0 Å². The van der Waals surface area contributed by atoms with Gasteiger partial charge in [-0.25, -0.2) is 4.57 Å². The number of nitrogens with one attached hydrogen (secondary N) is 1. The average Bonchev–Trinajstić information content (AvgIpc) is 2.99. The molecule has 0 fully saturated rings. The highest BCUT2D eigenvalue weighted by atomic mass is 31.2. The van der Waals surface area contributed by atoms with Gasteiger partial charge in [-0.3, -0.25) is 13.8 Å². The number of rotatable bonds is 36. The van der Waals surface area contributed by atoms with Crippen molar-refractivity contribution in [1.82, 2.24) is 5.32 Å². The zero-order valence-electron chi connectivity index (χ0n) is 30.6. The van der Waals surface area contributed by atoms with Gasteiger partial charge in [-0.05, 0) is 19.3 Å². The topological polar surface area (TPSA) is 114 Å². The van der Waals surface area contributed by atoms with Gasteiger partial charge in [0.25, 0.3) is 0 Å². The minimum Gasteiger partial charge on any atom is -0.396 e. The van der Waals surface area contributed by atoms with Crippen molar-refractivity contribution in [3.8, 4) is 0 Å². The minimum absolute atomic E-state index is 0.0866. The lowest BCUT2D eigenvalue weighted by molar-refractivity contribution is -0.870. The monoisotopic (exact) mass is 680 g/mol. The fourth-order valence-corrected chi connectivity index (χ4v) is 6.10. The Morgan fingerprint density at radius 2 is 1.11 bits per heavy atom. The quantitative estimate of drug-likeness (QED) is 0.0345.